The maximum atomic E-state index is 12.4. The molecule has 0 aliphatic carbocycles. The third kappa shape index (κ3) is 3.08. The normalized spacial score (nSPS) is 22.4. The predicted octanol–water partition coefficient (Wildman–Crippen LogP) is 3.14. The first kappa shape index (κ1) is 14.8. The summed E-state index contributed by atoms with van der Waals surface area (Å²) in [6.07, 6.45) is 1.70. The molecule has 0 bridgehead atoms. The van der Waals surface area contributed by atoms with E-state index in [4.69, 9.17) is 0 Å². The summed E-state index contributed by atoms with van der Waals surface area (Å²) in [5, 5.41) is 3.01. The largest absolute Gasteiger partial charge is 0.435 e. The van der Waals surface area contributed by atoms with Crippen LogP contribution in [0.5, 0.6) is 5.75 Å². The van der Waals surface area contributed by atoms with Crippen LogP contribution in [0.15, 0.2) is 24.3 Å². The molecule has 110 valence electrons. The van der Waals surface area contributed by atoms with Gasteiger partial charge in [-0.2, -0.15) is 8.78 Å². The Hall–Kier alpha value is -1.65. The van der Waals surface area contributed by atoms with Crippen molar-refractivity contribution >= 4 is 5.91 Å². The van der Waals surface area contributed by atoms with Crippen molar-refractivity contribution in [1.82, 2.24) is 5.32 Å². The van der Waals surface area contributed by atoms with Gasteiger partial charge in [0.2, 0.25) is 5.91 Å². The Balaban J connectivity index is 2.25. The van der Waals surface area contributed by atoms with E-state index >= 15 is 0 Å². The van der Waals surface area contributed by atoms with Crippen LogP contribution in [0, 0.1) is 5.92 Å². The van der Waals surface area contributed by atoms with E-state index in [1.165, 1.54) is 6.07 Å². The zero-order valence-corrected chi connectivity index (χ0v) is 11.7. The Morgan fingerprint density at radius 2 is 2.05 bits per heavy atom. The first-order valence-electron chi connectivity index (χ1n) is 6.77. The van der Waals surface area contributed by atoms with Gasteiger partial charge in [-0.1, -0.05) is 32.0 Å². The highest BCUT2D eigenvalue weighted by Crippen LogP contribution is 2.34. The van der Waals surface area contributed by atoms with Crippen molar-refractivity contribution in [1.29, 1.82) is 0 Å². The summed E-state index contributed by atoms with van der Waals surface area (Å²) in [5.74, 6) is 0.420. The van der Waals surface area contributed by atoms with E-state index in [-0.39, 0.29) is 23.1 Å². The highest BCUT2D eigenvalue weighted by molar-refractivity contribution is 5.79. The maximum Gasteiger partial charge on any atom is 0.387 e. The molecule has 1 amide bonds. The van der Waals surface area contributed by atoms with Crippen LogP contribution in [0.2, 0.25) is 0 Å². The summed E-state index contributed by atoms with van der Waals surface area (Å²) in [7, 11) is 0. The van der Waals surface area contributed by atoms with Crippen molar-refractivity contribution in [3.63, 3.8) is 0 Å². The van der Waals surface area contributed by atoms with E-state index in [0.29, 0.717) is 24.8 Å². The number of hydrogen-bond donors (Lipinski definition) is 1. The minimum Gasteiger partial charge on any atom is -0.435 e. The molecule has 0 spiro atoms. The number of ether oxygens (including phenoxy) is 1. The van der Waals surface area contributed by atoms with Gasteiger partial charge in [0.1, 0.15) is 5.75 Å². The number of halogens is 2. The monoisotopic (exact) mass is 283 g/mol. The van der Waals surface area contributed by atoms with Crippen LogP contribution in [0.4, 0.5) is 8.78 Å². The standard InChI is InChI=1S/C15H19F2NO2/c1-10(2)15(8-7-13(19)18-15)9-11-5-3-4-6-12(11)20-14(16)17/h3-6,10,14H,7-9H2,1-2H3,(H,18,19). The molecule has 1 aliphatic rings. The Kier molecular flexibility index (Phi) is 4.26. The van der Waals surface area contributed by atoms with Gasteiger partial charge in [-0.05, 0) is 30.4 Å². The second kappa shape index (κ2) is 5.77. The number of hydrogen-bond acceptors (Lipinski definition) is 2. The summed E-state index contributed by atoms with van der Waals surface area (Å²) in [4.78, 5) is 11.6. The molecular formula is C15H19F2NO2. The lowest BCUT2D eigenvalue weighted by atomic mass is 9.79. The summed E-state index contributed by atoms with van der Waals surface area (Å²) >= 11 is 0. The smallest absolute Gasteiger partial charge is 0.387 e. The molecule has 1 saturated heterocycles. The number of carbonyl (C=O) groups is 1. The molecule has 2 rings (SSSR count). The van der Waals surface area contributed by atoms with Crippen LogP contribution >= 0.6 is 0 Å². The summed E-state index contributed by atoms with van der Waals surface area (Å²) < 4.78 is 29.4. The second-order valence-electron chi connectivity index (χ2n) is 5.52. The van der Waals surface area contributed by atoms with Gasteiger partial charge < -0.3 is 10.1 Å². The molecule has 3 nitrogen and oxygen atoms in total. The molecule has 1 aromatic rings. The maximum absolute atomic E-state index is 12.4. The lowest BCUT2D eigenvalue weighted by molar-refractivity contribution is -0.120. The van der Waals surface area contributed by atoms with Crippen molar-refractivity contribution in [3.8, 4) is 5.75 Å². The fourth-order valence-corrected chi connectivity index (χ4v) is 2.71. The molecule has 0 saturated carbocycles. The number of para-hydroxylation sites is 1. The molecule has 1 N–H and O–H groups in total. The summed E-state index contributed by atoms with van der Waals surface area (Å²) in [5.41, 5.74) is 0.322. The van der Waals surface area contributed by atoms with Gasteiger partial charge in [0.25, 0.3) is 0 Å². The summed E-state index contributed by atoms with van der Waals surface area (Å²) in [6.45, 7) is 1.22. The second-order valence-corrected chi connectivity index (χ2v) is 5.52. The minimum atomic E-state index is -2.84. The van der Waals surface area contributed by atoms with Crippen LogP contribution < -0.4 is 10.1 Å². The van der Waals surface area contributed by atoms with E-state index in [9.17, 15) is 13.6 Å². The van der Waals surface area contributed by atoms with E-state index in [2.05, 4.69) is 10.1 Å². The first-order chi connectivity index (χ1) is 9.43. The van der Waals surface area contributed by atoms with Gasteiger partial charge in [-0.25, -0.2) is 0 Å². The van der Waals surface area contributed by atoms with Gasteiger partial charge in [0, 0.05) is 12.0 Å². The number of nitrogens with one attached hydrogen (secondary N) is 1. The van der Waals surface area contributed by atoms with Crippen LogP contribution in [0.1, 0.15) is 32.3 Å². The van der Waals surface area contributed by atoms with Crippen molar-refractivity contribution < 1.29 is 18.3 Å². The fraction of sp³-hybridized carbons (Fsp3) is 0.533. The molecule has 1 fully saturated rings. The number of alkyl halides is 2. The van der Waals surface area contributed by atoms with Crippen molar-refractivity contribution in [3.05, 3.63) is 29.8 Å². The number of rotatable bonds is 5. The van der Waals surface area contributed by atoms with Crippen molar-refractivity contribution in [2.45, 2.75) is 45.3 Å². The van der Waals surface area contributed by atoms with E-state index in [1.54, 1.807) is 18.2 Å². The highest BCUT2D eigenvalue weighted by Gasteiger charge is 2.40. The zero-order valence-electron chi connectivity index (χ0n) is 11.7. The third-order valence-electron chi connectivity index (χ3n) is 3.99. The van der Waals surface area contributed by atoms with Gasteiger partial charge >= 0.3 is 6.61 Å². The molecule has 1 heterocycles. The van der Waals surface area contributed by atoms with E-state index in [0.717, 1.165) is 0 Å². The Bertz CT molecular complexity index is 491. The first-order valence-corrected chi connectivity index (χ1v) is 6.77. The van der Waals surface area contributed by atoms with Crippen LogP contribution in [-0.4, -0.2) is 18.1 Å². The molecule has 1 atom stereocenters. The van der Waals surface area contributed by atoms with Crippen LogP contribution in [0.3, 0.4) is 0 Å². The molecule has 5 heteroatoms. The van der Waals surface area contributed by atoms with Gasteiger partial charge in [-0.3, -0.25) is 4.79 Å². The number of amides is 1. The van der Waals surface area contributed by atoms with Gasteiger partial charge in [0.05, 0.1) is 0 Å². The average Bonchev–Trinajstić information content (AvgIpc) is 2.74. The number of benzene rings is 1. The molecular weight excluding hydrogens is 264 g/mol. The van der Waals surface area contributed by atoms with E-state index in [1.807, 2.05) is 13.8 Å². The topological polar surface area (TPSA) is 38.3 Å². The average molecular weight is 283 g/mol. The quantitative estimate of drug-likeness (QED) is 0.901. The number of carbonyl (C=O) groups excluding carboxylic acids is 1. The van der Waals surface area contributed by atoms with Gasteiger partial charge in [0.15, 0.2) is 0 Å². The predicted molar refractivity (Wildman–Crippen MR) is 71.7 cm³/mol. The summed E-state index contributed by atoms with van der Waals surface area (Å²) in [6, 6.07) is 6.76. The molecule has 1 aliphatic heterocycles. The lowest BCUT2D eigenvalue weighted by Crippen LogP contribution is -2.48. The highest BCUT2D eigenvalue weighted by atomic mass is 19.3. The molecule has 20 heavy (non-hydrogen) atoms. The Morgan fingerprint density at radius 1 is 1.35 bits per heavy atom. The Labute approximate surface area is 117 Å². The van der Waals surface area contributed by atoms with Crippen LogP contribution in [-0.2, 0) is 11.2 Å². The lowest BCUT2D eigenvalue weighted by Gasteiger charge is -2.34. The molecule has 1 unspecified atom stereocenters. The minimum absolute atomic E-state index is 0.0194. The molecule has 1 aromatic carbocycles. The molecule has 0 radical (unpaired) electrons. The zero-order chi connectivity index (χ0) is 14.8. The fourth-order valence-electron chi connectivity index (χ4n) is 2.71. The Morgan fingerprint density at radius 3 is 2.60 bits per heavy atom. The SMILES string of the molecule is CC(C)C1(Cc2ccccc2OC(F)F)CCC(=O)N1. The van der Waals surface area contributed by atoms with Crippen molar-refractivity contribution in [2.24, 2.45) is 5.92 Å². The van der Waals surface area contributed by atoms with Crippen LogP contribution in [0.25, 0.3) is 0 Å². The third-order valence-corrected chi connectivity index (χ3v) is 3.99. The molecule has 0 aromatic heterocycles. The van der Waals surface area contributed by atoms with Gasteiger partial charge in [-0.15, -0.1) is 0 Å². The van der Waals surface area contributed by atoms with Crippen molar-refractivity contribution in [2.75, 3.05) is 0 Å². The van der Waals surface area contributed by atoms with E-state index < -0.39 is 6.61 Å².